The third-order valence-corrected chi connectivity index (χ3v) is 2.67. The summed E-state index contributed by atoms with van der Waals surface area (Å²) >= 11 is 0. The summed E-state index contributed by atoms with van der Waals surface area (Å²) in [6.45, 7) is 3.45. The van der Waals surface area contributed by atoms with E-state index >= 15 is 0 Å². The van der Waals surface area contributed by atoms with Gasteiger partial charge >= 0.3 is 0 Å². The molecule has 1 aromatic rings. The van der Waals surface area contributed by atoms with Gasteiger partial charge in [-0.15, -0.1) is 0 Å². The van der Waals surface area contributed by atoms with Crippen molar-refractivity contribution in [1.29, 1.82) is 0 Å². The largest absolute Gasteiger partial charge is 0.395 e. The van der Waals surface area contributed by atoms with Gasteiger partial charge in [-0.2, -0.15) is 0 Å². The fourth-order valence-electron chi connectivity index (χ4n) is 1.67. The van der Waals surface area contributed by atoms with Crippen molar-refractivity contribution in [2.45, 2.75) is 13.0 Å². The molecular weight excluding hydrogens is 188 g/mol. The Morgan fingerprint density at radius 3 is 2.40 bits per heavy atom. The van der Waals surface area contributed by atoms with Gasteiger partial charge in [0.25, 0.3) is 0 Å². The van der Waals surface area contributed by atoms with Crippen LogP contribution >= 0.6 is 0 Å². The average Bonchev–Trinajstić information content (AvgIpc) is 2.22. The highest BCUT2D eigenvalue weighted by atomic mass is 16.3. The normalized spacial score (nSPS) is 13.1. The van der Waals surface area contributed by atoms with Gasteiger partial charge in [-0.05, 0) is 19.5 Å². The Kier molecular flexibility index (Phi) is 4.75. The number of benzene rings is 1. The predicted molar refractivity (Wildman–Crippen MR) is 62.7 cm³/mol. The van der Waals surface area contributed by atoms with Crippen LogP contribution in [-0.4, -0.2) is 36.8 Å². The predicted octanol–water partition coefficient (Wildman–Crippen LogP) is 0.919. The van der Waals surface area contributed by atoms with Gasteiger partial charge in [-0.1, -0.05) is 29.8 Å². The zero-order valence-electron chi connectivity index (χ0n) is 9.48. The minimum atomic E-state index is 0.166. The number of rotatable bonds is 5. The highest BCUT2D eigenvalue weighted by molar-refractivity contribution is 5.24. The Morgan fingerprint density at radius 1 is 1.33 bits per heavy atom. The second-order valence-electron chi connectivity index (χ2n) is 3.87. The van der Waals surface area contributed by atoms with Crippen LogP contribution < -0.4 is 5.73 Å². The van der Waals surface area contributed by atoms with E-state index in [4.69, 9.17) is 10.8 Å². The molecule has 1 unspecified atom stereocenters. The molecule has 0 fully saturated rings. The van der Waals surface area contributed by atoms with Gasteiger partial charge in [0.1, 0.15) is 0 Å². The molecule has 15 heavy (non-hydrogen) atoms. The Morgan fingerprint density at radius 2 is 1.93 bits per heavy atom. The molecule has 3 heteroatoms. The lowest BCUT2D eigenvalue weighted by Gasteiger charge is -2.26. The summed E-state index contributed by atoms with van der Waals surface area (Å²) in [4.78, 5) is 2.07. The van der Waals surface area contributed by atoms with Gasteiger partial charge in [-0.25, -0.2) is 0 Å². The highest BCUT2D eigenvalue weighted by Gasteiger charge is 2.14. The number of aliphatic hydroxyl groups excluding tert-OH is 1. The first kappa shape index (κ1) is 12.2. The van der Waals surface area contributed by atoms with Crippen LogP contribution in [0.4, 0.5) is 0 Å². The average molecular weight is 208 g/mol. The summed E-state index contributed by atoms with van der Waals surface area (Å²) in [5.41, 5.74) is 8.21. The number of hydrogen-bond donors (Lipinski definition) is 2. The minimum absolute atomic E-state index is 0.166. The summed E-state index contributed by atoms with van der Waals surface area (Å²) in [5.74, 6) is 0. The molecule has 0 heterocycles. The first-order chi connectivity index (χ1) is 7.19. The quantitative estimate of drug-likeness (QED) is 0.756. The SMILES string of the molecule is Cc1ccc(C(CN)N(C)CCO)cc1. The van der Waals surface area contributed by atoms with Gasteiger partial charge in [-0.3, -0.25) is 4.90 Å². The third-order valence-electron chi connectivity index (χ3n) is 2.67. The van der Waals surface area contributed by atoms with E-state index in [1.54, 1.807) is 0 Å². The monoisotopic (exact) mass is 208 g/mol. The van der Waals surface area contributed by atoms with Crippen LogP contribution in [-0.2, 0) is 0 Å². The van der Waals surface area contributed by atoms with Crippen molar-refractivity contribution in [2.24, 2.45) is 5.73 Å². The molecule has 0 radical (unpaired) electrons. The highest BCUT2D eigenvalue weighted by Crippen LogP contribution is 2.18. The van der Waals surface area contributed by atoms with Crippen molar-refractivity contribution in [2.75, 3.05) is 26.7 Å². The topological polar surface area (TPSA) is 49.5 Å². The van der Waals surface area contributed by atoms with E-state index in [-0.39, 0.29) is 12.6 Å². The van der Waals surface area contributed by atoms with Crippen LogP contribution in [0.5, 0.6) is 0 Å². The fourth-order valence-corrected chi connectivity index (χ4v) is 1.67. The van der Waals surface area contributed by atoms with Crippen LogP contribution in [0.2, 0.25) is 0 Å². The molecule has 0 aliphatic heterocycles. The molecule has 0 amide bonds. The van der Waals surface area contributed by atoms with Gasteiger partial charge in [0, 0.05) is 19.1 Å². The number of aliphatic hydroxyl groups is 1. The zero-order valence-corrected chi connectivity index (χ0v) is 9.48. The first-order valence-electron chi connectivity index (χ1n) is 5.26. The summed E-state index contributed by atoms with van der Waals surface area (Å²) in [5, 5.41) is 8.89. The Hall–Kier alpha value is -0.900. The summed E-state index contributed by atoms with van der Waals surface area (Å²) in [6, 6.07) is 8.56. The maximum atomic E-state index is 8.89. The molecule has 0 saturated heterocycles. The summed E-state index contributed by atoms with van der Waals surface area (Å²) < 4.78 is 0. The number of aryl methyl sites for hydroxylation is 1. The van der Waals surface area contributed by atoms with E-state index in [1.807, 2.05) is 7.05 Å². The lowest BCUT2D eigenvalue weighted by Crippen LogP contribution is -2.32. The van der Waals surface area contributed by atoms with Crippen LogP contribution in [0.15, 0.2) is 24.3 Å². The number of likely N-dealkylation sites (N-methyl/N-ethyl adjacent to an activating group) is 1. The molecule has 1 rings (SSSR count). The molecule has 0 bridgehead atoms. The Labute approximate surface area is 91.5 Å². The van der Waals surface area contributed by atoms with Crippen molar-refractivity contribution in [1.82, 2.24) is 4.90 Å². The van der Waals surface area contributed by atoms with Gasteiger partial charge in [0.15, 0.2) is 0 Å². The van der Waals surface area contributed by atoms with Crippen molar-refractivity contribution in [3.8, 4) is 0 Å². The fraction of sp³-hybridized carbons (Fsp3) is 0.500. The third kappa shape index (κ3) is 3.30. The molecule has 0 spiro atoms. The maximum Gasteiger partial charge on any atom is 0.0558 e. The van der Waals surface area contributed by atoms with E-state index in [0.717, 1.165) is 0 Å². The van der Waals surface area contributed by atoms with E-state index in [0.29, 0.717) is 13.1 Å². The second kappa shape index (κ2) is 5.85. The Bertz CT molecular complexity index is 284. The zero-order chi connectivity index (χ0) is 11.3. The lowest BCUT2D eigenvalue weighted by molar-refractivity contribution is 0.183. The number of hydrogen-bond acceptors (Lipinski definition) is 3. The number of nitrogens with two attached hydrogens (primary N) is 1. The molecule has 3 N–H and O–H groups in total. The van der Waals surface area contributed by atoms with Crippen LogP contribution in [0.1, 0.15) is 17.2 Å². The van der Waals surface area contributed by atoms with E-state index in [9.17, 15) is 0 Å². The molecule has 3 nitrogen and oxygen atoms in total. The first-order valence-corrected chi connectivity index (χ1v) is 5.26. The van der Waals surface area contributed by atoms with Crippen molar-refractivity contribution in [3.63, 3.8) is 0 Å². The van der Waals surface area contributed by atoms with E-state index in [1.165, 1.54) is 11.1 Å². The molecule has 0 aliphatic rings. The molecular formula is C12H20N2O. The minimum Gasteiger partial charge on any atom is -0.395 e. The van der Waals surface area contributed by atoms with Crippen LogP contribution in [0.3, 0.4) is 0 Å². The summed E-state index contributed by atoms with van der Waals surface area (Å²) in [7, 11) is 1.98. The molecule has 1 aromatic carbocycles. The van der Waals surface area contributed by atoms with Gasteiger partial charge in [0.2, 0.25) is 0 Å². The van der Waals surface area contributed by atoms with Crippen LogP contribution in [0, 0.1) is 6.92 Å². The van der Waals surface area contributed by atoms with Crippen molar-refractivity contribution in [3.05, 3.63) is 35.4 Å². The molecule has 84 valence electrons. The molecule has 0 saturated carbocycles. The van der Waals surface area contributed by atoms with Crippen molar-refractivity contribution >= 4 is 0 Å². The van der Waals surface area contributed by atoms with Crippen molar-refractivity contribution < 1.29 is 5.11 Å². The summed E-state index contributed by atoms with van der Waals surface area (Å²) in [6.07, 6.45) is 0. The van der Waals surface area contributed by atoms with Gasteiger partial charge < -0.3 is 10.8 Å². The second-order valence-corrected chi connectivity index (χ2v) is 3.87. The maximum absolute atomic E-state index is 8.89. The molecule has 0 aliphatic carbocycles. The number of nitrogens with zero attached hydrogens (tertiary/aromatic N) is 1. The van der Waals surface area contributed by atoms with E-state index in [2.05, 4.69) is 36.1 Å². The van der Waals surface area contributed by atoms with E-state index < -0.39 is 0 Å². The molecule has 1 atom stereocenters. The lowest BCUT2D eigenvalue weighted by atomic mass is 10.0. The molecule has 0 aromatic heterocycles. The Balaban J connectivity index is 2.77. The van der Waals surface area contributed by atoms with Crippen LogP contribution in [0.25, 0.3) is 0 Å². The standard InChI is InChI=1S/C12H20N2O/c1-10-3-5-11(6-4-10)12(9-13)14(2)7-8-15/h3-6,12,15H,7-9,13H2,1-2H3. The smallest absolute Gasteiger partial charge is 0.0558 e. The van der Waals surface area contributed by atoms with Gasteiger partial charge in [0.05, 0.1) is 6.61 Å².